The second-order valence-electron chi connectivity index (χ2n) is 6.47. The highest BCUT2D eigenvalue weighted by Crippen LogP contribution is 2.29. The zero-order chi connectivity index (χ0) is 18.7. The Labute approximate surface area is 157 Å². The average molecular weight is 372 g/mol. The number of carbonyl (C=O) groups excluding carboxylic acids is 1. The van der Waals surface area contributed by atoms with E-state index in [0.29, 0.717) is 16.1 Å². The van der Waals surface area contributed by atoms with Crippen molar-refractivity contribution in [3.8, 4) is 6.07 Å². The number of likely N-dealkylation sites (N-methyl/N-ethyl adjacent to an activating group) is 1. The van der Waals surface area contributed by atoms with Gasteiger partial charge in [-0.15, -0.1) is 0 Å². The van der Waals surface area contributed by atoms with Gasteiger partial charge in [0, 0.05) is 36.4 Å². The summed E-state index contributed by atoms with van der Waals surface area (Å²) in [6.07, 6.45) is 1.91. The number of amides is 1. The zero-order valence-corrected chi connectivity index (χ0v) is 15.3. The van der Waals surface area contributed by atoms with Crippen LogP contribution in [0.4, 0.5) is 10.1 Å². The summed E-state index contributed by atoms with van der Waals surface area (Å²) in [5.74, 6) is -0.517. The van der Waals surface area contributed by atoms with Gasteiger partial charge in [-0.1, -0.05) is 11.6 Å². The van der Waals surface area contributed by atoms with E-state index in [2.05, 4.69) is 0 Å². The molecule has 1 aliphatic heterocycles. The molecule has 0 saturated carbocycles. The Morgan fingerprint density at radius 2 is 2.15 bits per heavy atom. The molecular weight excluding hydrogens is 353 g/mol. The predicted octanol–water partition coefficient (Wildman–Crippen LogP) is 3.76. The van der Waals surface area contributed by atoms with Crippen LogP contribution in [0.15, 0.2) is 36.4 Å². The van der Waals surface area contributed by atoms with E-state index in [1.54, 1.807) is 7.05 Å². The third-order valence-corrected chi connectivity index (χ3v) is 4.83. The maximum Gasteiger partial charge on any atom is 0.242 e. The van der Waals surface area contributed by atoms with Crippen LogP contribution in [0.5, 0.6) is 0 Å². The lowest BCUT2D eigenvalue weighted by atomic mass is 10.0. The molecule has 1 heterocycles. The summed E-state index contributed by atoms with van der Waals surface area (Å²) in [6.45, 7) is 1.15. The van der Waals surface area contributed by atoms with E-state index in [4.69, 9.17) is 16.9 Å². The number of nitriles is 1. The number of carbonyl (C=O) groups is 1. The first-order valence-corrected chi connectivity index (χ1v) is 8.81. The third kappa shape index (κ3) is 3.97. The molecule has 0 fully saturated rings. The minimum Gasteiger partial charge on any atom is -0.362 e. The molecular formula is C20H19ClFN3O. The summed E-state index contributed by atoms with van der Waals surface area (Å²) in [4.78, 5) is 16.2. The zero-order valence-electron chi connectivity index (χ0n) is 14.5. The highest BCUT2D eigenvalue weighted by molar-refractivity contribution is 6.30. The van der Waals surface area contributed by atoms with Crippen molar-refractivity contribution in [2.75, 3.05) is 25.0 Å². The van der Waals surface area contributed by atoms with Crippen molar-refractivity contribution in [1.29, 1.82) is 5.26 Å². The molecule has 3 rings (SSSR count). The third-order valence-electron chi connectivity index (χ3n) is 4.59. The Kier molecular flexibility index (Phi) is 5.43. The van der Waals surface area contributed by atoms with Crippen molar-refractivity contribution in [2.45, 2.75) is 19.4 Å². The second-order valence-corrected chi connectivity index (χ2v) is 6.90. The van der Waals surface area contributed by atoms with Gasteiger partial charge in [-0.25, -0.2) is 4.39 Å². The highest BCUT2D eigenvalue weighted by atomic mass is 35.5. The van der Waals surface area contributed by atoms with Gasteiger partial charge in [0.15, 0.2) is 0 Å². The summed E-state index contributed by atoms with van der Waals surface area (Å²) in [6, 6.07) is 11.9. The van der Waals surface area contributed by atoms with E-state index in [-0.39, 0.29) is 19.0 Å². The molecule has 2 aromatic rings. The van der Waals surface area contributed by atoms with Gasteiger partial charge in [-0.3, -0.25) is 4.79 Å². The maximum atomic E-state index is 14.0. The first-order chi connectivity index (χ1) is 12.5. The van der Waals surface area contributed by atoms with Gasteiger partial charge in [0.1, 0.15) is 5.82 Å². The molecule has 6 heteroatoms. The van der Waals surface area contributed by atoms with Crippen LogP contribution in [0.1, 0.15) is 23.1 Å². The van der Waals surface area contributed by atoms with Crippen LogP contribution in [0.3, 0.4) is 0 Å². The molecule has 4 nitrogen and oxygen atoms in total. The first-order valence-electron chi connectivity index (χ1n) is 8.44. The molecule has 0 spiro atoms. The molecule has 2 aromatic carbocycles. The van der Waals surface area contributed by atoms with Crippen LogP contribution in [-0.4, -0.2) is 30.9 Å². The Balaban J connectivity index is 1.70. The highest BCUT2D eigenvalue weighted by Gasteiger charge is 2.21. The Morgan fingerprint density at radius 1 is 1.35 bits per heavy atom. The number of fused-ring (bicyclic) bond motifs is 1. The minimum absolute atomic E-state index is 0.102. The van der Waals surface area contributed by atoms with E-state index in [1.165, 1.54) is 23.1 Å². The quantitative estimate of drug-likeness (QED) is 0.822. The number of aryl methyl sites for hydroxylation is 1. The second kappa shape index (κ2) is 7.76. The molecule has 0 radical (unpaired) electrons. The smallest absolute Gasteiger partial charge is 0.242 e. The maximum absolute atomic E-state index is 14.0. The van der Waals surface area contributed by atoms with Crippen molar-refractivity contribution < 1.29 is 9.18 Å². The van der Waals surface area contributed by atoms with Crippen molar-refractivity contribution in [2.24, 2.45) is 0 Å². The van der Waals surface area contributed by atoms with Crippen LogP contribution >= 0.6 is 11.6 Å². The average Bonchev–Trinajstić information content (AvgIpc) is 2.63. The lowest BCUT2D eigenvalue weighted by molar-refractivity contribution is -0.129. The minimum atomic E-state index is -0.415. The van der Waals surface area contributed by atoms with Gasteiger partial charge in [0.05, 0.1) is 18.2 Å². The largest absolute Gasteiger partial charge is 0.362 e. The summed E-state index contributed by atoms with van der Waals surface area (Å²) in [5.41, 5.74) is 2.89. The molecule has 0 saturated heterocycles. The summed E-state index contributed by atoms with van der Waals surface area (Å²) in [5, 5.41) is 9.65. The van der Waals surface area contributed by atoms with Crippen LogP contribution in [0.25, 0.3) is 0 Å². The predicted molar refractivity (Wildman–Crippen MR) is 99.6 cm³/mol. The number of hydrogen-bond donors (Lipinski definition) is 0. The van der Waals surface area contributed by atoms with Crippen LogP contribution in [0.2, 0.25) is 5.02 Å². The molecule has 1 aliphatic rings. The lowest BCUT2D eigenvalue weighted by Gasteiger charge is -2.32. The first kappa shape index (κ1) is 18.2. The van der Waals surface area contributed by atoms with Crippen LogP contribution < -0.4 is 4.90 Å². The van der Waals surface area contributed by atoms with E-state index >= 15 is 0 Å². The molecule has 0 atom stereocenters. The number of rotatable bonds is 4. The lowest BCUT2D eigenvalue weighted by Crippen LogP contribution is -2.40. The molecule has 134 valence electrons. The van der Waals surface area contributed by atoms with E-state index in [9.17, 15) is 9.18 Å². The normalized spacial score (nSPS) is 13.1. The standard InChI is InChI=1S/C20H19ClFN3O/c1-24(12-16-9-14(11-23)4-6-18(16)22)20(26)13-25-8-2-3-15-10-17(21)5-7-19(15)25/h4-7,9-10H,2-3,8,12-13H2,1H3. The van der Waals surface area contributed by atoms with Crippen molar-refractivity contribution in [3.63, 3.8) is 0 Å². The molecule has 1 amide bonds. The summed E-state index contributed by atoms with van der Waals surface area (Å²) >= 11 is 6.06. The number of hydrogen-bond acceptors (Lipinski definition) is 3. The Morgan fingerprint density at radius 3 is 2.92 bits per heavy atom. The summed E-state index contributed by atoms with van der Waals surface area (Å²) < 4.78 is 14.0. The van der Waals surface area contributed by atoms with Gasteiger partial charge in [0.2, 0.25) is 5.91 Å². The van der Waals surface area contributed by atoms with Gasteiger partial charge in [-0.05, 0) is 54.8 Å². The van der Waals surface area contributed by atoms with Gasteiger partial charge in [0.25, 0.3) is 0 Å². The molecule has 0 N–H and O–H groups in total. The number of halogens is 2. The van der Waals surface area contributed by atoms with Crippen molar-refractivity contribution >= 4 is 23.2 Å². The SMILES string of the molecule is CN(Cc1cc(C#N)ccc1F)C(=O)CN1CCCc2cc(Cl)ccc21. The fourth-order valence-electron chi connectivity index (χ4n) is 3.20. The van der Waals surface area contributed by atoms with Crippen molar-refractivity contribution in [3.05, 3.63) is 63.9 Å². The Hall–Kier alpha value is -2.58. The van der Waals surface area contributed by atoms with E-state index in [1.807, 2.05) is 29.2 Å². The van der Waals surface area contributed by atoms with Crippen molar-refractivity contribution in [1.82, 2.24) is 4.90 Å². The number of nitrogens with zero attached hydrogens (tertiary/aromatic N) is 3. The summed E-state index contributed by atoms with van der Waals surface area (Å²) in [7, 11) is 1.65. The van der Waals surface area contributed by atoms with E-state index < -0.39 is 5.82 Å². The van der Waals surface area contributed by atoms with E-state index in [0.717, 1.165) is 30.6 Å². The fraction of sp³-hybridized carbons (Fsp3) is 0.300. The Bertz CT molecular complexity index is 878. The molecule has 0 aliphatic carbocycles. The molecule has 0 aromatic heterocycles. The molecule has 0 bridgehead atoms. The number of anilines is 1. The van der Waals surface area contributed by atoms with Crippen LogP contribution in [-0.2, 0) is 17.8 Å². The van der Waals surface area contributed by atoms with Gasteiger partial charge in [-0.2, -0.15) is 5.26 Å². The topological polar surface area (TPSA) is 47.3 Å². The van der Waals surface area contributed by atoms with Crippen LogP contribution in [0, 0.1) is 17.1 Å². The number of benzene rings is 2. The van der Waals surface area contributed by atoms with Gasteiger partial charge >= 0.3 is 0 Å². The monoisotopic (exact) mass is 371 g/mol. The molecule has 26 heavy (non-hydrogen) atoms. The fourth-order valence-corrected chi connectivity index (χ4v) is 3.40. The molecule has 0 unspecified atom stereocenters. The van der Waals surface area contributed by atoms with Gasteiger partial charge < -0.3 is 9.80 Å².